The minimum absolute atomic E-state index is 0.0317. The molecule has 3 heteroatoms. The van der Waals surface area contributed by atoms with Crippen molar-refractivity contribution in [1.29, 1.82) is 0 Å². The van der Waals surface area contributed by atoms with Gasteiger partial charge in [0.2, 0.25) is 0 Å². The second-order valence-corrected chi connectivity index (χ2v) is 5.71. The summed E-state index contributed by atoms with van der Waals surface area (Å²) in [6.07, 6.45) is 0.799. The Labute approximate surface area is 135 Å². The van der Waals surface area contributed by atoms with Crippen LogP contribution in [-0.4, -0.2) is 12.5 Å². The van der Waals surface area contributed by atoms with Crippen LogP contribution < -0.4 is 5.32 Å². The van der Waals surface area contributed by atoms with E-state index in [2.05, 4.69) is 48.3 Å². The normalized spacial score (nSPS) is 10.6. The second kappa shape index (κ2) is 6.67. The van der Waals surface area contributed by atoms with E-state index in [0.717, 1.165) is 11.3 Å². The number of rotatable bonds is 4. The molecule has 1 N–H and O–H groups in total. The fourth-order valence-corrected chi connectivity index (χ4v) is 2.75. The highest BCUT2D eigenvalue weighted by Crippen LogP contribution is 2.22. The minimum Gasteiger partial charge on any atom is -0.352 e. The third-order valence-electron chi connectivity index (χ3n) is 3.67. The van der Waals surface area contributed by atoms with Gasteiger partial charge in [-0.1, -0.05) is 42.5 Å². The van der Waals surface area contributed by atoms with E-state index in [9.17, 15) is 4.79 Å². The lowest BCUT2D eigenvalue weighted by Gasteiger charge is -2.09. The van der Waals surface area contributed by atoms with E-state index in [4.69, 9.17) is 0 Å². The van der Waals surface area contributed by atoms with Crippen molar-refractivity contribution in [2.75, 3.05) is 6.54 Å². The van der Waals surface area contributed by atoms with Gasteiger partial charge in [-0.3, -0.25) is 4.79 Å². The van der Waals surface area contributed by atoms with E-state index in [1.54, 1.807) is 0 Å². The number of nitrogens with one attached hydrogen (secondary N) is 1. The van der Waals surface area contributed by atoms with Crippen molar-refractivity contribution in [3.63, 3.8) is 0 Å². The quantitative estimate of drug-likeness (QED) is 0.698. The average Bonchev–Trinajstić information content (AvgIpc) is 2.56. The van der Waals surface area contributed by atoms with Crippen LogP contribution in [0.2, 0.25) is 0 Å². The Balaban J connectivity index is 1.69. The molecule has 0 aliphatic rings. The van der Waals surface area contributed by atoms with Crippen LogP contribution in [0.4, 0.5) is 0 Å². The summed E-state index contributed by atoms with van der Waals surface area (Å²) in [5.74, 6) is -0.0317. The van der Waals surface area contributed by atoms with Gasteiger partial charge < -0.3 is 5.32 Å². The van der Waals surface area contributed by atoms with E-state index in [-0.39, 0.29) is 5.91 Å². The third-order valence-corrected chi connectivity index (χ3v) is 3.95. The lowest BCUT2D eigenvalue weighted by atomic mass is 10.0. The number of amides is 1. The van der Waals surface area contributed by atoms with Gasteiger partial charge in [0.25, 0.3) is 5.91 Å². The van der Waals surface area contributed by atoms with Gasteiger partial charge in [0.15, 0.2) is 0 Å². The monoisotopic (exact) mass is 307 g/mol. The van der Waals surface area contributed by atoms with Crippen molar-refractivity contribution < 1.29 is 4.79 Å². The van der Waals surface area contributed by atoms with Crippen molar-refractivity contribution in [3.05, 3.63) is 77.9 Å². The summed E-state index contributed by atoms with van der Waals surface area (Å²) in [4.78, 5) is 13.0. The van der Waals surface area contributed by atoms with Crippen LogP contribution in [-0.2, 0) is 6.42 Å². The van der Waals surface area contributed by atoms with Crippen LogP contribution in [0.5, 0.6) is 0 Å². The number of thiol groups is 1. The molecule has 0 saturated heterocycles. The van der Waals surface area contributed by atoms with Crippen LogP contribution in [0.1, 0.15) is 15.9 Å². The Bertz CT molecular complexity index is 799. The molecule has 3 aromatic carbocycles. The van der Waals surface area contributed by atoms with Gasteiger partial charge in [0, 0.05) is 17.0 Å². The summed E-state index contributed by atoms with van der Waals surface area (Å²) < 4.78 is 0. The van der Waals surface area contributed by atoms with Gasteiger partial charge >= 0.3 is 0 Å². The van der Waals surface area contributed by atoms with Gasteiger partial charge in [-0.15, -0.1) is 12.6 Å². The van der Waals surface area contributed by atoms with Crippen molar-refractivity contribution >= 4 is 29.3 Å². The van der Waals surface area contributed by atoms with Crippen molar-refractivity contribution in [2.24, 2.45) is 0 Å². The largest absolute Gasteiger partial charge is 0.352 e. The summed E-state index contributed by atoms with van der Waals surface area (Å²) >= 11 is 4.41. The molecular formula is C19H17NOS. The molecule has 2 nitrogen and oxygen atoms in total. The van der Waals surface area contributed by atoms with Crippen molar-refractivity contribution in [3.8, 4) is 0 Å². The first-order valence-electron chi connectivity index (χ1n) is 7.28. The number of benzene rings is 3. The van der Waals surface area contributed by atoms with E-state index < -0.39 is 0 Å². The maximum atomic E-state index is 12.0. The first-order valence-corrected chi connectivity index (χ1v) is 7.72. The number of hydrogen-bond donors (Lipinski definition) is 2. The van der Waals surface area contributed by atoms with Crippen LogP contribution in [0.25, 0.3) is 10.8 Å². The highest BCUT2D eigenvalue weighted by molar-refractivity contribution is 7.80. The molecule has 0 fully saturated rings. The van der Waals surface area contributed by atoms with E-state index in [1.807, 2.05) is 36.4 Å². The van der Waals surface area contributed by atoms with Gasteiger partial charge in [-0.05, 0) is 47.0 Å². The Kier molecular flexibility index (Phi) is 4.45. The van der Waals surface area contributed by atoms with E-state index in [1.165, 1.54) is 16.3 Å². The fraction of sp³-hybridized carbons (Fsp3) is 0.105. The molecule has 3 aromatic rings. The molecule has 3 rings (SSSR count). The third kappa shape index (κ3) is 3.31. The van der Waals surface area contributed by atoms with E-state index >= 15 is 0 Å². The van der Waals surface area contributed by atoms with E-state index in [0.29, 0.717) is 12.1 Å². The van der Waals surface area contributed by atoms with Gasteiger partial charge in [0.1, 0.15) is 0 Å². The van der Waals surface area contributed by atoms with Crippen molar-refractivity contribution in [1.82, 2.24) is 5.32 Å². The Morgan fingerprint density at radius 3 is 2.59 bits per heavy atom. The maximum Gasteiger partial charge on any atom is 0.251 e. The van der Waals surface area contributed by atoms with Crippen LogP contribution in [0, 0.1) is 0 Å². The average molecular weight is 307 g/mol. The molecule has 0 atom stereocenters. The summed E-state index contributed by atoms with van der Waals surface area (Å²) in [7, 11) is 0. The Hall–Kier alpha value is -2.26. The zero-order chi connectivity index (χ0) is 15.4. The van der Waals surface area contributed by atoms with Gasteiger partial charge in [0.05, 0.1) is 0 Å². The number of hydrogen-bond acceptors (Lipinski definition) is 2. The predicted octanol–water partition coefficient (Wildman–Crippen LogP) is 4.10. The molecule has 0 bridgehead atoms. The first kappa shape index (κ1) is 14.7. The molecule has 0 aliphatic carbocycles. The molecule has 0 unspecified atom stereocenters. The molecule has 0 heterocycles. The van der Waals surface area contributed by atoms with Gasteiger partial charge in [-0.25, -0.2) is 0 Å². The lowest BCUT2D eigenvalue weighted by Crippen LogP contribution is -2.25. The standard InChI is InChI=1S/C19H17NOS/c21-19(16-5-2-1-3-6-16)20-12-11-15-8-4-7-14-9-10-17(22)13-18(14)15/h1-10,13,22H,11-12H2,(H,20,21). The molecule has 110 valence electrons. The molecule has 0 saturated carbocycles. The second-order valence-electron chi connectivity index (χ2n) is 5.19. The number of fused-ring (bicyclic) bond motifs is 1. The predicted molar refractivity (Wildman–Crippen MR) is 93.7 cm³/mol. The maximum absolute atomic E-state index is 12.0. The van der Waals surface area contributed by atoms with Gasteiger partial charge in [-0.2, -0.15) is 0 Å². The van der Waals surface area contributed by atoms with Crippen LogP contribution >= 0.6 is 12.6 Å². The molecule has 0 aliphatic heterocycles. The topological polar surface area (TPSA) is 29.1 Å². The molecule has 1 amide bonds. The summed E-state index contributed by atoms with van der Waals surface area (Å²) in [5, 5.41) is 5.37. The summed E-state index contributed by atoms with van der Waals surface area (Å²) in [5.41, 5.74) is 1.92. The van der Waals surface area contributed by atoms with Crippen molar-refractivity contribution in [2.45, 2.75) is 11.3 Å². The minimum atomic E-state index is -0.0317. The molecule has 22 heavy (non-hydrogen) atoms. The molecule has 0 spiro atoms. The lowest BCUT2D eigenvalue weighted by molar-refractivity contribution is 0.0954. The SMILES string of the molecule is O=C(NCCc1cccc2ccc(S)cc12)c1ccccc1. The molecule has 0 aromatic heterocycles. The number of carbonyl (C=O) groups excluding carboxylic acids is 1. The molecule has 0 radical (unpaired) electrons. The highest BCUT2D eigenvalue weighted by Gasteiger charge is 2.05. The fourth-order valence-electron chi connectivity index (χ4n) is 2.55. The zero-order valence-corrected chi connectivity index (χ0v) is 13.0. The first-order chi connectivity index (χ1) is 10.7. The van der Waals surface area contributed by atoms with Crippen LogP contribution in [0.3, 0.4) is 0 Å². The molecular weight excluding hydrogens is 290 g/mol. The zero-order valence-electron chi connectivity index (χ0n) is 12.1. The highest BCUT2D eigenvalue weighted by atomic mass is 32.1. The Morgan fingerprint density at radius 1 is 0.955 bits per heavy atom. The smallest absolute Gasteiger partial charge is 0.251 e. The summed E-state index contributed by atoms with van der Waals surface area (Å²) in [6.45, 7) is 0.615. The summed E-state index contributed by atoms with van der Waals surface area (Å²) in [6, 6.07) is 21.7. The van der Waals surface area contributed by atoms with Crippen LogP contribution in [0.15, 0.2) is 71.6 Å². The number of carbonyl (C=O) groups is 1. The Morgan fingerprint density at radius 2 is 1.77 bits per heavy atom.